The van der Waals surface area contributed by atoms with Crippen molar-refractivity contribution in [3.63, 3.8) is 0 Å². The molecule has 0 amide bonds. The van der Waals surface area contributed by atoms with E-state index in [-0.39, 0.29) is 6.10 Å². The maximum Gasteiger partial charge on any atom is 0.0543 e. The van der Waals surface area contributed by atoms with Gasteiger partial charge >= 0.3 is 0 Å². The van der Waals surface area contributed by atoms with Gasteiger partial charge in [0.2, 0.25) is 0 Å². The Morgan fingerprint density at radius 1 is 1.47 bits per heavy atom. The summed E-state index contributed by atoms with van der Waals surface area (Å²) in [5.41, 5.74) is 0. The van der Waals surface area contributed by atoms with Gasteiger partial charge in [-0.3, -0.25) is 0 Å². The fourth-order valence-electron chi connectivity index (χ4n) is 2.21. The van der Waals surface area contributed by atoms with Crippen LogP contribution in [0.15, 0.2) is 17.5 Å². The molecule has 1 saturated carbocycles. The molecule has 0 spiro atoms. The molecular weight excluding hydrogens is 206 g/mol. The van der Waals surface area contributed by atoms with Crippen LogP contribution >= 0.6 is 11.3 Å². The average Bonchev–Trinajstić information content (AvgIpc) is 2.84. The van der Waals surface area contributed by atoms with Crippen LogP contribution in [-0.4, -0.2) is 24.3 Å². The molecule has 0 radical (unpaired) electrons. The summed E-state index contributed by atoms with van der Waals surface area (Å²) >= 11 is 1.83. The van der Waals surface area contributed by atoms with E-state index in [2.05, 4.69) is 22.8 Å². The molecule has 0 aromatic carbocycles. The van der Waals surface area contributed by atoms with Crippen LogP contribution in [0.5, 0.6) is 0 Å². The monoisotopic (exact) mass is 225 g/mol. The average molecular weight is 225 g/mol. The zero-order valence-electron chi connectivity index (χ0n) is 8.98. The van der Waals surface area contributed by atoms with E-state index >= 15 is 0 Å². The van der Waals surface area contributed by atoms with Gasteiger partial charge in [0.25, 0.3) is 0 Å². The molecule has 1 aliphatic carbocycles. The Kier molecular flexibility index (Phi) is 4.18. The standard InChI is InChI=1S/C12H19NOS/c14-11-4-3-10(8-11)9-13-6-5-12-2-1-7-15-12/h1-2,7,10-11,13-14H,3-6,8-9H2. The van der Waals surface area contributed by atoms with E-state index in [1.165, 1.54) is 11.3 Å². The van der Waals surface area contributed by atoms with E-state index in [4.69, 9.17) is 0 Å². The molecule has 15 heavy (non-hydrogen) atoms. The fourth-order valence-corrected chi connectivity index (χ4v) is 2.92. The van der Waals surface area contributed by atoms with Crippen molar-refractivity contribution >= 4 is 11.3 Å². The summed E-state index contributed by atoms with van der Waals surface area (Å²) < 4.78 is 0. The summed E-state index contributed by atoms with van der Waals surface area (Å²) in [4.78, 5) is 1.45. The SMILES string of the molecule is OC1CCC(CNCCc2cccs2)C1. The van der Waals surface area contributed by atoms with Crippen LogP contribution in [0, 0.1) is 5.92 Å². The highest BCUT2D eigenvalue weighted by molar-refractivity contribution is 7.09. The molecule has 2 N–H and O–H groups in total. The van der Waals surface area contributed by atoms with Crippen LogP contribution in [0.25, 0.3) is 0 Å². The van der Waals surface area contributed by atoms with E-state index in [1.54, 1.807) is 0 Å². The third-order valence-electron chi connectivity index (χ3n) is 3.07. The molecule has 1 fully saturated rings. The Balaban J connectivity index is 1.55. The summed E-state index contributed by atoms with van der Waals surface area (Å²) in [6.45, 7) is 2.13. The van der Waals surface area contributed by atoms with Crippen LogP contribution in [-0.2, 0) is 6.42 Å². The lowest BCUT2D eigenvalue weighted by Gasteiger charge is -2.10. The molecule has 1 aromatic rings. The van der Waals surface area contributed by atoms with E-state index < -0.39 is 0 Å². The molecule has 1 aromatic heterocycles. The summed E-state index contributed by atoms with van der Waals surface area (Å²) in [5.74, 6) is 0.698. The Morgan fingerprint density at radius 2 is 2.40 bits per heavy atom. The predicted octanol–water partition coefficient (Wildman–Crippen LogP) is 2.04. The van der Waals surface area contributed by atoms with Crippen molar-refractivity contribution in [2.45, 2.75) is 31.8 Å². The minimum atomic E-state index is -0.0332. The van der Waals surface area contributed by atoms with Crippen LogP contribution in [0.4, 0.5) is 0 Å². The molecule has 1 aliphatic rings. The van der Waals surface area contributed by atoms with Crippen molar-refractivity contribution in [1.82, 2.24) is 5.32 Å². The lowest BCUT2D eigenvalue weighted by atomic mass is 10.1. The Labute approximate surface area is 95.3 Å². The van der Waals surface area contributed by atoms with Gasteiger partial charge in [0.05, 0.1) is 6.10 Å². The largest absolute Gasteiger partial charge is 0.393 e. The summed E-state index contributed by atoms with van der Waals surface area (Å²) in [5, 5.41) is 15.0. The first-order valence-electron chi connectivity index (χ1n) is 5.76. The van der Waals surface area contributed by atoms with Crippen molar-refractivity contribution in [2.24, 2.45) is 5.92 Å². The van der Waals surface area contributed by atoms with Crippen molar-refractivity contribution in [3.8, 4) is 0 Å². The van der Waals surface area contributed by atoms with Crippen molar-refractivity contribution in [2.75, 3.05) is 13.1 Å². The quantitative estimate of drug-likeness (QED) is 0.752. The number of nitrogens with one attached hydrogen (secondary N) is 1. The zero-order valence-corrected chi connectivity index (χ0v) is 9.80. The normalized spacial score (nSPS) is 25.9. The van der Waals surface area contributed by atoms with Gasteiger partial charge in [-0.25, -0.2) is 0 Å². The van der Waals surface area contributed by atoms with Gasteiger partial charge in [0.1, 0.15) is 0 Å². The lowest BCUT2D eigenvalue weighted by molar-refractivity contribution is 0.177. The van der Waals surface area contributed by atoms with E-state index in [9.17, 15) is 5.11 Å². The van der Waals surface area contributed by atoms with Crippen LogP contribution in [0.3, 0.4) is 0 Å². The molecule has 0 aliphatic heterocycles. The van der Waals surface area contributed by atoms with Gasteiger partial charge in [-0.1, -0.05) is 6.07 Å². The molecule has 84 valence electrons. The molecule has 2 rings (SSSR count). The molecule has 0 saturated heterocycles. The Bertz CT molecular complexity index is 273. The first-order chi connectivity index (χ1) is 7.34. The number of hydrogen-bond donors (Lipinski definition) is 2. The second-order valence-corrected chi connectivity index (χ2v) is 5.40. The highest BCUT2D eigenvalue weighted by Gasteiger charge is 2.21. The third kappa shape index (κ3) is 3.59. The first-order valence-corrected chi connectivity index (χ1v) is 6.63. The first kappa shape index (κ1) is 11.1. The van der Waals surface area contributed by atoms with Crippen LogP contribution in [0.2, 0.25) is 0 Å². The van der Waals surface area contributed by atoms with E-state index in [0.29, 0.717) is 5.92 Å². The minimum absolute atomic E-state index is 0.0332. The third-order valence-corrected chi connectivity index (χ3v) is 4.01. The van der Waals surface area contributed by atoms with Gasteiger partial charge in [-0.2, -0.15) is 0 Å². The predicted molar refractivity (Wildman–Crippen MR) is 64.2 cm³/mol. The zero-order chi connectivity index (χ0) is 10.5. The Hall–Kier alpha value is -0.380. The molecule has 1 heterocycles. The fraction of sp³-hybridized carbons (Fsp3) is 0.667. The van der Waals surface area contributed by atoms with Crippen LogP contribution in [0.1, 0.15) is 24.1 Å². The van der Waals surface area contributed by atoms with E-state index in [1.807, 2.05) is 11.3 Å². The number of rotatable bonds is 5. The molecule has 2 atom stereocenters. The highest BCUT2D eigenvalue weighted by atomic mass is 32.1. The number of hydrogen-bond acceptors (Lipinski definition) is 3. The number of aliphatic hydroxyl groups is 1. The van der Waals surface area contributed by atoms with Crippen molar-refractivity contribution < 1.29 is 5.11 Å². The Morgan fingerprint density at radius 3 is 3.07 bits per heavy atom. The molecule has 2 unspecified atom stereocenters. The molecule has 0 bridgehead atoms. The van der Waals surface area contributed by atoms with Gasteiger partial charge in [0.15, 0.2) is 0 Å². The molecule has 3 heteroatoms. The number of aliphatic hydroxyl groups excluding tert-OH is 1. The van der Waals surface area contributed by atoms with Gasteiger partial charge in [-0.05, 0) is 56.1 Å². The second-order valence-electron chi connectivity index (χ2n) is 4.37. The second kappa shape index (κ2) is 5.64. The maximum atomic E-state index is 9.38. The topological polar surface area (TPSA) is 32.3 Å². The van der Waals surface area contributed by atoms with Crippen LogP contribution < -0.4 is 5.32 Å². The van der Waals surface area contributed by atoms with Crippen molar-refractivity contribution in [3.05, 3.63) is 22.4 Å². The lowest BCUT2D eigenvalue weighted by Crippen LogP contribution is -2.23. The minimum Gasteiger partial charge on any atom is -0.393 e. The smallest absolute Gasteiger partial charge is 0.0543 e. The van der Waals surface area contributed by atoms with E-state index in [0.717, 1.165) is 32.4 Å². The van der Waals surface area contributed by atoms with Gasteiger partial charge < -0.3 is 10.4 Å². The summed E-state index contributed by atoms with van der Waals surface area (Å²) in [6.07, 6.45) is 4.28. The van der Waals surface area contributed by atoms with Crippen molar-refractivity contribution in [1.29, 1.82) is 0 Å². The highest BCUT2D eigenvalue weighted by Crippen LogP contribution is 2.24. The maximum absolute atomic E-state index is 9.38. The van der Waals surface area contributed by atoms with Gasteiger partial charge in [0, 0.05) is 4.88 Å². The summed E-state index contributed by atoms with van der Waals surface area (Å²) in [6, 6.07) is 4.29. The van der Waals surface area contributed by atoms with Gasteiger partial charge in [-0.15, -0.1) is 11.3 Å². The molecular formula is C12H19NOS. The number of thiophene rings is 1. The molecule has 2 nitrogen and oxygen atoms in total. The summed E-state index contributed by atoms with van der Waals surface area (Å²) in [7, 11) is 0.